The van der Waals surface area contributed by atoms with Crippen molar-refractivity contribution in [1.29, 1.82) is 0 Å². The van der Waals surface area contributed by atoms with Crippen LogP contribution in [-0.4, -0.2) is 9.13 Å². The van der Waals surface area contributed by atoms with Crippen LogP contribution in [0.25, 0.3) is 88.1 Å². The smallest absolute Gasteiger partial charge is 0.135 e. The van der Waals surface area contributed by atoms with E-state index in [4.69, 9.17) is 4.42 Å². The number of benzene rings is 7. The predicted octanol–water partition coefficient (Wildman–Crippen LogP) is 11.8. The number of para-hydroxylation sites is 3. The minimum absolute atomic E-state index is 0.895. The van der Waals surface area contributed by atoms with Crippen molar-refractivity contribution in [3.8, 4) is 22.5 Å². The van der Waals surface area contributed by atoms with Gasteiger partial charge in [-0.2, -0.15) is 0 Å². The zero-order valence-electron chi connectivity index (χ0n) is 25.2. The molecule has 3 heteroatoms. The number of rotatable bonds is 3. The highest BCUT2D eigenvalue weighted by Gasteiger charge is 2.16. The minimum atomic E-state index is 0.895. The van der Waals surface area contributed by atoms with Gasteiger partial charge in [0.1, 0.15) is 11.2 Å². The molecule has 10 rings (SSSR count). The van der Waals surface area contributed by atoms with E-state index in [9.17, 15) is 0 Å². The summed E-state index contributed by atoms with van der Waals surface area (Å²) in [6.45, 7) is 2.16. The van der Waals surface area contributed by atoms with Gasteiger partial charge in [-0.1, -0.05) is 84.9 Å². The number of furan rings is 1. The monoisotopic (exact) mass is 588 g/mol. The number of nitrogens with zero attached hydrogens (tertiary/aromatic N) is 2. The second-order valence-corrected chi connectivity index (χ2v) is 12.3. The lowest BCUT2D eigenvalue weighted by atomic mass is 10.0. The Morgan fingerprint density at radius 3 is 1.61 bits per heavy atom. The van der Waals surface area contributed by atoms with E-state index < -0.39 is 0 Å². The number of hydrogen-bond acceptors (Lipinski definition) is 1. The van der Waals surface area contributed by atoms with Crippen molar-refractivity contribution in [3.63, 3.8) is 0 Å². The number of fused-ring (bicyclic) bond motifs is 9. The van der Waals surface area contributed by atoms with Gasteiger partial charge in [0, 0.05) is 43.7 Å². The lowest BCUT2D eigenvalue weighted by Crippen LogP contribution is -1.94. The lowest BCUT2D eigenvalue weighted by molar-refractivity contribution is 0.669. The van der Waals surface area contributed by atoms with Crippen LogP contribution in [0.15, 0.2) is 156 Å². The summed E-state index contributed by atoms with van der Waals surface area (Å²) in [6.07, 6.45) is 0. The first-order valence-corrected chi connectivity index (χ1v) is 15.8. The summed E-state index contributed by atoms with van der Waals surface area (Å²) in [4.78, 5) is 0. The van der Waals surface area contributed by atoms with Gasteiger partial charge < -0.3 is 13.6 Å². The van der Waals surface area contributed by atoms with Gasteiger partial charge in [-0.25, -0.2) is 0 Å². The average molecular weight is 589 g/mol. The van der Waals surface area contributed by atoms with Crippen molar-refractivity contribution in [2.24, 2.45) is 0 Å². The van der Waals surface area contributed by atoms with Gasteiger partial charge in [0.2, 0.25) is 0 Å². The number of aromatic nitrogens is 2. The maximum absolute atomic E-state index is 6.38. The van der Waals surface area contributed by atoms with E-state index in [1.54, 1.807) is 0 Å². The SMILES string of the molecule is Cc1ccc2c3ccccc3n(-c3ccc4oc5ccc(-c6cccc(-n7c8ccccc8c8ccccc87)c6)cc5c4c3)c2c1. The van der Waals surface area contributed by atoms with Crippen LogP contribution in [-0.2, 0) is 0 Å². The van der Waals surface area contributed by atoms with E-state index in [1.165, 1.54) is 54.7 Å². The Kier molecular flexibility index (Phi) is 5.20. The Morgan fingerprint density at radius 1 is 0.370 bits per heavy atom. The second-order valence-electron chi connectivity index (χ2n) is 12.3. The van der Waals surface area contributed by atoms with Gasteiger partial charge in [-0.3, -0.25) is 0 Å². The van der Waals surface area contributed by atoms with Gasteiger partial charge in [0.15, 0.2) is 0 Å². The van der Waals surface area contributed by atoms with Gasteiger partial charge >= 0.3 is 0 Å². The Labute approximate surface area is 265 Å². The van der Waals surface area contributed by atoms with Crippen LogP contribution >= 0.6 is 0 Å². The van der Waals surface area contributed by atoms with Crippen molar-refractivity contribution in [1.82, 2.24) is 9.13 Å². The van der Waals surface area contributed by atoms with Crippen molar-refractivity contribution < 1.29 is 4.42 Å². The van der Waals surface area contributed by atoms with E-state index in [1.807, 2.05) is 0 Å². The summed E-state index contributed by atoms with van der Waals surface area (Å²) in [5.41, 5.74) is 12.5. The first kappa shape index (κ1) is 25.3. The molecule has 0 unspecified atom stereocenters. The maximum atomic E-state index is 6.38. The topological polar surface area (TPSA) is 23.0 Å². The quantitative estimate of drug-likeness (QED) is 0.201. The largest absolute Gasteiger partial charge is 0.456 e. The molecule has 0 N–H and O–H groups in total. The summed E-state index contributed by atoms with van der Waals surface area (Å²) in [5.74, 6) is 0. The molecule has 216 valence electrons. The van der Waals surface area contributed by atoms with E-state index >= 15 is 0 Å². The van der Waals surface area contributed by atoms with E-state index in [-0.39, 0.29) is 0 Å². The fourth-order valence-corrected chi connectivity index (χ4v) is 7.47. The van der Waals surface area contributed by atoms with Crippen molar-refractivity contribution in [2.75, 3.05) is 0 Å². The van der Waals surface area contributed by atoms with Gasteiger partial charge in [-0.15, -0.1) is 0 Å². The van der Waals surface area contributed by atoms with Crippen LogP contribution in [0.1, 0.15) is 5.56 Å². The first-order chi connectivity index (χ1) is 22.7. The summed E-state index contributed by atoms with van der Waals surface area (Å²) in [5, 5.41) is 7.30. The van der Waals surface area contributed by atoms with Crippen LogP contribution < -0.4 is 0 Å². The third-order valence-corrected chi connectivity index (χ3v) is 9.56. The van der Waals surface area contributed by atoms with Crippen molar-refractivity contribution >= 4 is 65.6 Å². The Balaban J connectivity index is 1.15. The number of hydrogen-bond donors (Lipinski definition) is 0. The zero-order chi connectivity index (χ0) is 30.4. The van der Waals surface area contributed by atoms with E-state index in [0.29, 0.717) is 0 Å². The Morgan fingerprint density at radius 2 is 0.913 bits per heavy atom. The molecule has 3 nitrogen and oxygen atoms in total. The minimum Gasteiger partial charge on any atom is -0.456 e. The Bertz CT molecular complexity index is 2770. The standard InChI is InChI=1S/C43H28N2O/c1-27-17-20-35-34-13-4-7-16-40(34)45(41(35)23-27)31-19-22-43-37(26-31)36-25-29(18-21-42(36)46-43)28-9-8-10-30(24-28)44-38-14-5-2-11-32(38)33-12-3-6-15-39(33)44/h2-26H,1H3. The maximum Gasteiger partial charge on any atom is 0.135 e. The normalized spacial score (nSPS) is 12.0. The third-order valence-electron chi connectivity index (χ3n) is 9.56. The summed E-state index contributed by atoms with van der Waals surface area (Å²) >= 11 is 0. The Hall–Kier alpha value is -6.06. The van der Waals surface area contributed by atoms with Gasteiger partial charge in [-0.05, 0) is 90.3 Å². The highest BCUT2D eigenvalue weighted by Crippen LogP contribution is 2.38. The molecule has 0 saturated carbocycles. The van der Waals surface area contributed by atoms with Gasteiger partial charge in [0.05, 0.1) is 22.1 Å². The molecule has 0 aliphatic rings. The molecule has 0 radical (unpaired) electrons. The van der Waals surface area contributed by atoms with Crippen molar-refractivity contribution in [3.05, 3.63) is 157 Å². The fraction of sp³-hybridized carbons (Fsp3) is 0.0233. The molecule has 0 fully saturated rings. The number of aryl methyl sites for hydroxylation is 1. The highest BCUT2D eigenvalue weighted by molar-refractivity contribution is 6.12. The molecule has 0 spiro atoms. The summed E-state index contributed by atoms with van der Waals surface area (Å²) in [6, 6.07) is 54.7. The molecule has 0 saturated heterocycles. The van der Waals surface area contributed by atoms with Crippen LogP contribution in [0.5, 0.6) is 0 Å². The van der Waals surface area contributed by atoms with Crippen LogP contribution in [0.3, 0.4) is 0 Å². The molecular formula is C43H28N2O. The lowest BCUT2D eigenvalue weighted by Gasteiger charge is -2.10. The van der Waals surface area contributed by atoms with E-state index in [0.717, 1.165) is 38.9 Å². The van der Waals surface area contributed by atoms with E-state index in [2.05, 4.69) is 168 Å². The summed E-state index contributed by atoms with van der Waals surface area (Å²) in [7, 11) is 0. The van der Waals surface area contributed by atoms with Crippen LogP contribution in [0.4, 0.5) is 0 Å². The summed E-state index contributed by atoms with van der Waals surface area (Å²) < 4.78 is 11.1. The molecular weight excluding hydrogens is 560 g/mol. The van der Waals surface area contributed by atoms with Crippen molar-refractivity contribution in [2.45, 2.75) is 6.92 Å². The molecule has 10 aromatic rings. The molecule has 0 atom stereocenters. The molecule has 46 heavy (non-hydrogen) atoms. The molecule has 0 bridgehead atoms. The highest BCUT2D eigenvalue weighted by atomic mass is 16.3. The third kappa shape index (κ3) is 3.60. The zero-order valence-corrected chi connectivity index (χ0v) is 25.2. The molecule has 3 heterocycles. The first-order valence-electron chi connectivity index (χ1n) is 15.8. The fourth-order valence-electron chi connectivity index (χ4n) is 7.47. The molecule has 0 aliphatic carbocycles. The predicted molar refractivity (Wildman–Crippen MR) is 193 cm³/mol. The molecule has 7 aromatic carbocycles. The molecule has 0 aliphatic heterocycles. The van der Waals surface area contributed by atoms with Crippen LogP contribution in [0, 0.1) is 6.92 Å². The molecule has 3 aromatic heterocycles. The van der Waals surface area contributed by atoms with Crippen LogP contribution in [0.2, 0.25) is 0 Å². The molecule has 0 amide bonds. The second kappa shape index (κ2) is 9.47. The van der Waals surface area contributed by atoms with Gasteiger partial charge in [0.25, 0.3) is 0 Å². The average Bonchev–Trinajstić information content (AvgIpc) is 3.75.